The number of amidine groups is 1. The predicted molar refractivity (Wildman–Crippen MR) is 126 cm³/mol. The largest absolute Gasteiger partial charge is 0.465 e. The molecule has 0 saturated heterocycles. The van der Waals surface area contributed by atoms with Crippen LogP contribution in [-0.4, -0.2) is 22.6 Å². The zero-order valence-corrected chi connectivity index (χ0v) is 19.0. The first kappa shape index (κ1) is 21.3. The molecule has 158 valence electrons. The molecule has 31 heavy (non-hydrogen) atoms. The predicted octanol–water partition coefficient (Wildman–Crippen LogP) is 5.53. The Morgan fingerprint density at radius 3 is 3.00 bits per heavy atom. The van der Waals surface area contributed by atoms with Gasteiger partial charge in [0.15, 0.2) is 16.7 Å². The van der Waals surface area contributed by atoms with E-state index in [4.69, 9.17) is 9.47 Å². The van der Waals surface area contributed by atoms with E-state index in [1.165, 1.54) is 11.8 Å². The Balaban J connectivity index is 1.47. The van der Waals surface area contributed by atoms with E-state index in [2.05, 4.69) is 39.0 Å². The molecule has 0 saturated carbocycles. The van der Waals surface area contributed by atoms with Gasteiger partial charge in [-0.2, -0.15) is 0 Å². The van der Waals surface area contributed by atoms with Gasteiger partial charge in [0.25, 0.3) is 5.91 Å². The van der Waals surface area contributed by atoms with Crippen LogP contribution in [0.15, 0.2) is 105 Å². The third-order valence-electron chi connectivity index (χ3n) is 4.53. The number of rotatable bonds is 5. The van der Waals surface area contributed by atoms with Crippen molar-refractivity contribution in [1.82, 2.24) is 10.3 Å². The maximum Gasteiger partial charge on any atom is 0.257 e. The van der Waals surface area contributed by atoms with Crippen LogP contribution < -0.4 is 5.32 Å². The summed E-state index contributed by atoms with van der Waals surface area (Å²) in [6, 6.07) is 7.18. The molecule has 1 aromatic carbocycles. The van der Waals surface area contributed by atoms with Crippen LogP contribution in [0.4, 0.5) is 0 Å². The fraction of sp³-hybridized carbons (Fsp3) is 0.130. The Morgan fingerprint density at radius 1 is 1.35 bits per heavy atom. The number of benzene rings is 1. The molecule has 1 aliphatic carbocycles. The van der Waals surface area contributed by atoms with Crippen LogP contribution in [-0.2, 0) is 9.47 Å². The first-order chi connectivity index (χ1) is 15.1. The molecule has 0 spiro atoms. The molecule has 4 rings (SSSR count). The highest BCUT2D eigenvalue weighted by Gasteiger charge is 2.25. The Labute approximate surface area is 193 Å². The van der Waals surface area contributed by atoms with E-state index in [-0.39, 0.29) is 5.91 Å². The van der Waals surface area contributed by atoms with Gasteiger partial charge in [-0.1, -0.05) is 58.1 Å². The van der Waals surface area contributed by atoms with E-state index in [1.54, 1.807) is 35.7 Å². The maximum absolute atomic E-state index is 12.6. The number of carbonyl (C=O) groups excluding carboxylic acids is 1. The Morgan fingerprint density at radius 2 is 2.23 bits per heavy atom. The lowest BCUT2D eigenvalue weighted by Crippen LogP contribution is -2.33. The van der Waals surface area contributed by atoms with Crippen molar-refractivity contribution in [1.29, 1.82) is 0 Å². The summed E-state index contributed by atoms with van der Waals surface area (Å²) in [6.45, 7) is 4.25. The van der Waals surface area contributed by atoms with Crippen LogP contribution in [0.25, 0.3) is 0 Å². The summed E-state index contributed by atoms with van der Waals surface area (Å²) in [4.78, 5) is 12.6. The number of amides is 1. The molecular weight excluding hydrogens is 478 g/mol. The summed E-state index contributed by atoms with van der Waals surface area (Å²) >= 11 is 4.69. The molecule has 2 heterocycles. The number of hydrogen-bond donors (Lipinski definition) is 1. The zero-order chi connectivity index (χ0) is 21.6. The number of hydrogen-bond acceptors (Lipinski definition) is 6. The highest BCUT2D eigenvalue weighted by molar-refractivity contribution is 9.10. The zero-order valence-electron chi connectivity index (χ0n) is 16.6. The fourth-order valence-corrected chi connectivity index (χ4v) is 4.20. The normalized spacial score (nSPS) is 17.8. The number of nitrogens with one attached hydrogen (secondary N) is 1. The summed E-state index contributed by atoms with van der Waals surface area (Å²) in [5, 5.41) is 11.5. The van der Waals surface area contributed by atoms with Gasteiger partial charge in [-0.25, -0.2) is 0 Å². The Bertz CT molecular complexity index is 1090. The SMILES string of the molecule is C=CCN1N=C(NC(=O)c2cccc(Br)c2)SC=C1C1=COC=C(C2=CC=CCC2)O1. The number of ether oxygens (including phenoxy) is 2. The number of nitrogens with zero attached hydrogens (tertiary/aromatic N) is 2. The molecule has 0 radical (unpaired) electrons. The van der Waals surface area contributed by atoms with E-state index >= 15 is 0 Å². The first-order valence-corrected chi connectivity index (χ1v) is 11.3. The van der Waals surface area contributed by atoms with Crippen LogP contribution >= 0.6 is 27.7 Å². The molecule has 8 heteroatoms. The molecule has 0 atom stereocenters. The molecule has 0 unspecified atom stereocenters. The smallest absolute Gasteiger partial charge is 0.257 e. The van der Waals surface area contributed by atoms with Crippen molar-refractivity contribution in [2.24, 2.45) is 5.10 Å². The lowest BCUT2D eigenvalue weighted by molar-refractivity contribution is 0.0977. The molecule has 6 nitrogen and oxygen atoms in total. The minimum absolute atomic E-state index is 0.234. The van der Waals surface area contributed by atoms with E-state index in [9.17, 15) is 4.79 Å². The van der Waals surface area contributed by atoms with Gasteiger partial charge >= 0.3 is 0 Å². The molecule has 0 fully saturated rings. The number of carbonyl (C=O) groups is 1. The van der Waals surface area contributed by atoms with E-state index in [1.807, 2.05) is 29.7 Å². The van der Waals surface area contributed by atoms with Crippen LogP contribution in [0.3, 0.4) is 0 Å². The van der Waals surface area contributed by atoms with Crippen molar-refractivity contribution in [3.63, 3.8) is 0 Å². The summed E-state index contributed by atoms with van der Waals surface area (Å²) in [5.41, 5.74) is 2.35. The monoisotopic (exact) mass is 497 g/mol. The molecule has 0 aromatic heterocycles. The molecule has 3 aliphatic rings. The van der Waals surface area contributed by atoms with Gasteiger partial charge in [-0.3, -0.25) is 15.1 Å². The Kier molecular flexibility index (Phi) is 6.79. The average molecular weight is 498 g/mol. The summed E-state index contributed by atoms with van der Waals surface area (Å²) in [5.74, 6) is 0.995. The topological polar surface area (TPSA) is 63.2 Å². The van der Waals surface area contributed by atoms with Crippen molar-refractivity contribution < 1.29 is 14.3 Å². The van der Waals surface area contributed by atoms with Gasteiger partial charge in [0.1, 0.15) is 18.2 Å². The molecule has 1 amide bonds. The quantitative estimate of drug-likeness (QED) is 0.541. The van der Waals surface area contributed by atoms with Crippen molar-refractivity contribution >= 4 is 38.8 Å². The van der Waals surface area contributed by atoms with Crippen molar-refractivity contribution in [3.8, 4) is 0 Å². The van der Waals surface area contributed by atoms with Gasteiger partial charge in [-0.15, -0.1) is 11.7 Å². The minimum Gasteiger partial charge on any atom is -0.465 e. The minimum atomic E-state index is -0.234. The summed E-state index contributed by atoms with van der Waals surface area (Å²) in [6.07, 6.45) is 12.9. The molecule has 1 aromatic rings. The summed E-state index contributed by atoms with van der Waals surface area (Å²) < 4.78 is 12.5. The molecule has 0 bridgehead atoms. The van der Waals surface area contributed by atoms with Crippen LogP contribution in [0.1, 0.15) is 23.2 Å². The number of thioether (sulfide) groups is 1. The Hall–Kier alpha value is -2.97. The third kappa shape index (κ3) is 5.21. The second-order valence-corrected chi connectivity index (χ2v) is 8.50. The number of halogens is 1. The van der Waals surface area contributed by atoms with Crippen LogP contribution in [0, 0.1) is 0 Å². The fourth-order valence-electron chi connectivity index (χ4n) is 3.05. The lowest BCUT2D eigenvalue weighted by atomic mass is 10.0. The van der Waals surface area contributed by atoms with Crippen molar-refractivity contribution in [2.45, 2.75) is 12.8 Å². The third-order valence-corrected chi connectivity index (χ3v) is 5.78. The average Bonchev–Trinajstić information content (AvgIpc) is 2.80. The van der Waals surface area contributed by atoms with Crippen molar-refractivity contribution in [2.75, 3.05) is 6.54 Å². The molecule has 1 N–H and O–H groups in total. The van der Waals surface area contributed by atoms with Gasteiger partial charge in [0, 0.05) is 15.4 Å². The molecule has 2 aliphatic heterocycles. The summed E-state index contributed by atoms with van der Waals surface area (Å²) in [7, 11) is 0. The molecular formula is C23H20BrN3O3S. The van der Waals surface area contributed by atoms with Gasteiger partial charge in [0.2, 0.25) is 0 Å². The highest BCUT2D eigenvalue weighted by Crippen LogP contribution is 2.33. The maximum atomic E-state index is 12.6. The highest BCUT2D eigenvalue weighted by atomic mass is 79.9. The number of allylic oxidation sites excluding steroid dienone is 4. The van der Waals surface area contributed by atoms with Crippen LogP contribution in [0.2, 0.25) is 0 Å². The van der Waals surface area contributed by atoms with Crippen LogP contribution in [0.5, 0.6) is 0 Å². The van der Waals surface area contributed by atoms with Crippen molar-refractivity contribution in [3.05, 3.63) is 106 Å². The van der Waals surface area contributed by atoms with Gasteiger partial charge < -0.3 is 9.47 Å². The lowest BCUT2D eigenvalue weighted by Gasteiger charge is -2.28. The second-order valence-electron chi connectivity index (χ2n) is 6.72. The second kappa shape index (κ2) is 9.89. The van der Waals surface area contributed by atoms with E-state index < -0.39 is 0 Å². The number of hydrazone groups is 1. The first-order valence-electron chi connectivity index (χ1n) is 9.65. The standard InChI is InChI=1S/C23H20BrN3O3S/c1-2-11-27-19(21-14-29-13-20(30-21)16-7-4-3-5-8-16)15-31-23(26-27)25-22(28)17-9-6-10-18(24)12-17/h2-4,6-7,9-10,12-15H,1,5,8,11H2,(H,25,26,28). The van der Waals surface area contributed by atoms with E-state index in [0.717, 1.165) is 28.6 Å². The van der Waals surface area contributed by atoms with E-state index in [0.29, 0.717) is 28.8 Å². The van der Waals surface area contributed by atoms with Gasteiger partial charge in [-0.05, 0) is 36.6 Å². The van der Waals surface area contributed by atoms with Gasteiger partial charge in [0.05, 0.1) is 6.54 Å².